The van der Waals surface area contributed by atoms with Crippen molar-refractivity contribution in [2.75, 3.05) is 0 Å². The van der Waals surface area contributed by atoms with Gasteiger partial charge in [-0.2, -0.15) is 0 Å². The van der Waals surface area contributed by atoms with Crippen LogP contribution in [0.3, 0.4) is 0 Å². The second-order valence-corrected chi connectivity index (χ2v) is 2.83. The first-order valence-electron chi connectivity index (χ1n) is 4.00. The number of aliphatic hydroxyl groups is 1. The molecule has 58 valence electrons. The van der Waals surface area contributed by atoms with Crippen LogP contribution in [0.5, 0.6) is 0 Å². The van der Waals surface area contributed by atoms with Gasteiger partial charge in [0.1, 0.15) is 0 Å². The van der Waals surface area contributed by atoms with Crippen molar-refractivity contribution in [3.8, 4) is 0 Å². The van der Waals surface area contributed by atoms with Gasteiger partial charge in [0.2, 0.25) is 0 Å². The van der Waals surface area contributed by atoms with Gasteiger partial charge in [-0.3, -0.25) is 4.99 Å². The molecule has 0 amide bonds. The Labute approximate surface area is 62.0 Å². The molecular weight excluding hydrogens is 126 g/mol. The number of rotatable bonds is 1. The minimum atomic E-state index is -0.176. The Morgan fingerprint density at radius 1 is 1.40 bits per heavy atom. The highest BCUT2D eigenvalue weighted by Gasteiger charge is 2.20. The van der Waals surface area contributed by atoms with Gasteiger partial charge in [-0.25, -0.2) is 0 Å². The third-order valence-electron chi connectivity index (χ3n) is 2.03. The molecule has 10 heavy (non-hydrogen) atoms. The molecular formula is C8H15NO. The van der Waals surface area contributed by atoms with Crippen LogP contribution in [-0.2, 0) is 0 Å². The van der Waals surface area contributed by atoms with Crippen molar-refractivity contribution in [3.63, 3.8) is 0 Å². The van der Waals surface area contributed by atoms with Crippen molar-refractivity contribution >= 4 is 6.21 Å². The number of hydrogen-bond donors (Lipinski definition) is 1. The average molecular weight is 141 g/mol. The Morgan fingerprint density at radius 3 is 2.70 bits per heavy atom. The van der Waals surface area contributed by atoms with Crippen LogP contribution in [0, 0.1) is 0 Å². The van der Waals surface area contributed by atoms with Crippen LogP contribution in [0.15, 0.2) is 4.99 Å². The van der Waals surface area contributed by atoms with Gasteiger partial charge in [-0.15, -0.1) is 0 Å². The molecule has 0 bridgehead atoms. The lowest BCUT2D eigenvalue weighted by Crippen LogP contribution is -2.27. The van der Waals surface area contributed by atoms with Crippen LogP contribution in [0.1, 0.15) is 32.6 Å². The Morgan fingerprint density at radius 2 is 2.10 bits per heavy atom. The van der Waals surface area contributed by atoms with Crippen molar-refractivity contribution in [2.45, 2.75) is 44.8 Å². The summed E-state index contributed by atoms with van der Waals surface area (Å²) in [5, 5.41) is 9.39. The molecule has 0 aromatic carbocycles. The van der Waals surface area contributed by atoms with Crippen molar-refractivity contribution < 1.29 is 5.11 Å². The van der Waals surface area contributed by atoms with E-state index in [1.165, 1.54) is 6.42 Å². The van der Waals surface area contributed by atoms with Gasteiger partial charge in [0.05, 0.1) is 12.1 Å². The fraction of sp³-hybridized carbons (Fsp3) is 0.875. The third-order valence-corrected chi connectivity index (χ3v) is 2.03. The highest BCUT2D eigenvalue weighted by atomic mass is 16.3. The topological polar surface area (TPSA) is 32.6 Å². The SMILES string of the molecule is CC=NC1CCCCC1O. The zero-order valence-electron chi connectivity index (χ0n) is 6.45. The van der Waals surface area contributed by atoms with Gasteiger partial charge in [-0.1, -0.05) is 12.8 Å². The lowest BCUT2D eigenvalue weighted by molar-refractivity contribution is 0.109. The summed E-state index contributed by atoms with van der Waals surface area (Å²) in [5.74, 6) is 0. The van der Waals surface area contributed by atoms with Gasteiger partial charge in [0, 0.05) is 0 Å². The van der Waals surface area contributed by atoms with E-state index < -0.39 is 0 Å². The maximum atomic E-state index is 9.39. The molecule has 1 rings (SSSR count). The molecule has 1 N–H and O–H groups in total. The summed E-state index contributed by atoms with van der Waals surface area (Å²) < 4.78 is 0. The van der Waals surface area contributed by atoms with E-state index in [1.54, 1.807) is 6.21 Å². The molecule has 2 atom stereocenters. The largest absolute Gasteiger partial charge is 0.391 e. The molecule has 2 nitrogen and oxygen atoms in total. The second kappa shape index (κ2) is 3.71. The Hall–Kier alpha value is -0.370. The van der Waals surface area contributed by atoms with Crippen LogP contribution in [-0.4, -0.2) is 23.5 Å². The van der Waals surface area contributed by atoms with Gasteiger partial charge >= 0.3 is 0 Å². The highest BCUT2D eigenvalue weighted by molar-refractivity contribution is 5.53. The van der Waals surface area contributed by atoms with Crippen LogP contribution in [0.2, 0.25) is 0 Å². The molecule has 0 heterocycles. The normalized spacial score (nSPS) is 35.0. The predicted octanol–water partition coefficient (Wildman–Crippen LogP) is 1.38. The summed E-state index contributed by atoms with van der Waals surface area (Å²) in [7, 11) is 0. The molecule has 2 heteroatoms. The number of aliphatic hydroxyl groups excluding tert-OH is 1. The van der Waals surface area contributed by atoms with E-state index in [4.69, 9.17) is 0 Å². The van der Waals surface area contributed by atoms with E-state index in [2.05, 4.69) is 4.99 Å². The Bertz CT molecular complexity index is 122. The van der Waals surface area contributed by atoms with Crippen LogP contribution in [0.4, 0.5) is 0 Å². The third kappa shape index (κ3) is 1.81. The quantitative estimate of drug-likeness (QED) is 0.550. The molecule has 0 radical (unpaired) electrons. The molecule has 0 aromatic heterocycles. The zero-order valence-corrected chi connectivity index (χ0v) is 6.45. The molecule has 0 spiro atoms. The zero-order chi connectivity index (χ0) is 7.40. The molecule has 0 aliphatic heterocycles. The maximum Gasteiger partial charge on any atom is 0.0763 e. The van der Waals surface area contributed by atoms with E-state index in [-0.39, 0.29) is 12.1 Å². The van der Waals surface area contributed by atoms with Gasteiger partial charge < -0.3 is 5.11 Å². The van der Waals surface area contributed by atoms with Gasteiger partial charge in [0.25, 0.3) is 0 Å². The first kappa shape index (κ1) is 7.73. The summed E-state index contributed by atoms with van der Waals surface area (Å²) in [6.07, 6.45) is 5.99. The van der Waals surface area contributed by atoms with Crippen molar-refractivity contribution in [3.05, 3.63) is 0 Å². The summed E-state index contributed by atoms with van der Waals surface area (Å²) in [4.78, 5) is 4.19. The lowest BCUT2D eigenvalue weighted by Gasteiger charge is -2.23. The summed E-state index contributed by atoms with van der Waals surface area (Å²) in [6, 6.07) is 0.193. The predicted molar refractivity (Wildman–Crippen MR) is 42.4 cm³/mol. The molecule has 1 fully saturated rings. The number of hydrogen-bond acceptors (Lipinski definition) is 2. The maximum absolute atomic E-state index is 9.39. The van der Waals surface area contributed by atoms with Crippen LogP contribution in [0.25, 0.3) is 0 Å². The standard InChI is InChI=1S/C8H15NO/c1-2-9-7-5-3-4-6-8(7)10/h2,7-8,10H,3-6H2,1H3. The van der Waals surface area contributed by atoms with E-state index in [0.29, 0.717) is 0 Å². The highest BCUT2D eigenvalue weighted by Crippen LogP contribution is 2.20. The summed E-state index contributed by atoms with van der Waals surface area (Å²) in [6.45, 7) is 1.90. The fourth-order valence-corrected chi connectivity index (χ4v) is 1.46. The number of aliphatic imine (C=N–C) groups is 1. The molecule has 1 aliphatic rings. The van der Waals surface area contributed by atoms with Crippen LogP contribution < -0.4 is 0 Å². The molecule has 1 aliphatic carbocycles. The second-order valence-electron chi connectivity index (χ2n) is 2.83. The average Bonchev–Trinajstić information content (AvgIpc) is 1.94. The lowest BCUT2D eigenvalue weighted by atomic mass is 9.93. The van der Waals surface area contributed by atoms with Crippen molar-refractivity contribution in [2.24, 2.45) is 4.99 Å². The van der Waals surface area contributed by atoms with Gasteiger partial charge in [0.15, 0.2) is 0 Å². The molecule has 0 aromatic rings. The Balaban J connectivity index is 2.39. The van der Waals surface area contributed by atoms with E-state index >= 15 is 0 Å². The summed E-state index contributed by atoms with van der Waals surface area (Å²) in [5.41, 5.74) is 0. The van der Waals surface area contributed by atoms with E-state index in [9.17, 15) is 5.11 Å². The smallest absolute Gasteiger partial charge is 0.0763 e. The van der Waals surface area contributed by atoms with Crippen molar-refractivity contribution in [1.29, 1.82) is 0 Å². The van der Waals surface area contributed by atoms with E-state index in [1.807, 2.05) is 6.92 Å². The summed E-state index contributed by atoms with van der Waals surface area (Å²) >= 11 is 0. The van der Waals surface area contributed by atoms with E-state index in [0.717, 1.165) is 19.3 Å². The monoisotopic (exact) mass is 141 g/mol. The first-order chi connectivity index (χ1) is 4.84. The number of nitrogens with zero attached hydrogens (tertiary/aromatic N) is 1. The first-order valence-corrected chi connectivity index (χ1v) is 4.00. The fourth-order valence-electron chi connectivity index (χ4n) is 1.46. The van der Waals surface area contributed by atoms with Crippen molar-refractivity contribution in [1.82, 2.24) is 0 Å². The molecule has 1 saturated carbocycles. The van der Waals surface area contributed by atoms with Gasteiger partial charge in [-0.05, 0) is 26.0 Å². The Kier molecular flexibility index (Phi) is 2.87. The minimum absolute atomic E-state index is 0.176. The molecule has 0 saturated heterocycles. The molecule has 2 unspecified atom stereocenters. The van der Waals surface area contributed by atoms with Crippen LogP contribution >= 0.6 is 0 Å². The minimum Gasteiger partial charge on any atom is -0.391 e.